The quantitative estimate of drug-likeness (QED) is 0.678. The maximum Gasteiger partial charge on any atom is 0.326 e. The van der Waals surface area contributed by atoms with E-state index in [2.05, 4.69) is 4.98 Å². The number of hydrogen-bond acceptors (Lipinski definition) is 2. The molecule has 0 amide bonds. The molecule has 0 aliphatic heterocycles. The van der Waals surface area contributed by atoms with E-state index in [1.807, 2.05) is 12.1 Å². The molecule has 0 atom stereocenters. The Morgan fingerprint density at radius 3 is 2.92 bits per heavy atom. The van der Waals surface area contributed by atoms with Crippen LogP contribution in [0.2, 0.25) is 0 Å². The Hall–Kier alpha value is -1.84. The molecule has 2 rings (SSSR count). The number of hydrogen-bond donors (Lipinski definition) is 1. The minimum Gasteiger partial charge on any atom is -0.306 e. The van der Waals surface area contributed by atoms with E-state index < -0.39 is 0 Å². The van der Waals surface area contributed by atoms with Gasteiger partial charge in [-0.3, -0.25) is 4.57 Å². The number of nitrogens with zero attached hydrogens (tertiary/aromatic N) is 1. The van der Waals surface area contributed by atoms with Gasteiger partial charge >= 0.3 is 5.69 Å². The third-order valence-corrected chi connectivity index (χ3v) is 1.94. The van der Waals surface area contributed by atoms with Crippen LogP contribution in [0.25, 0.3) is 11.0 Å². The number of carbonyl (C=O) groups is 1. The van der Waals surface area contributed by atoms with E-state index in [0.29, 0.717) is 6.29 Å². The average molecular weight is 176 g/mol. The number of nitrogens with one attached hydrogen (secondary N) is 1. The molecule has 0 spiro atoms. The van der Waals surface area contributed by atoms with Crippen LogP contribution in [0.5, 0.6) is 0 Å². The zero-order valence-corrected chi connectivity index (χ0v) is 6.86. The molecular formula is C9H8N2O2. The number of imidazole rings is 1. The molecule has 0 aliphatic carbocycles. The standard InChI is InChI=1S/C9H8N2O2/c12-6-5-11-8-4-2-1-3-7(8)10-9(11)13/h1-4,6H,5H2,(H,10,13). The summed E-state index contributed by atoms with van der Waals surface area (Å²) in [4.78, 5) is 24.2. The van der Waals surface area contributed by atoms with Crippen molar-refractivity contribution in [1.29, 1.82) is 0 Å². The lowest BCUT2D eigenvalue weighted by Gasteiger charge is -1.94. The number of aromatic amines is 1. The Kier molecular flexibility index (Phi) is 1.73. The van der Waals surface area contributed by atoms with E-state index in [1.165, 1.54) is 4.57 Å². The highest BCUT2D eigenvalue weighted by Gasteiger charge is 2.03. The lowest BCUT2D eigenvalue weighted by atomic mass is 10.3. The van der Waals surface area contributed by atoms with Crippen molar-refractivity contribution < 1.29 is 4.79 Å². The number of para-hydroxylation sites is 2. The van der Waals surface area contributed by atoms with Crippen LogP contribution in [0.15, 0.2) is 29.1 Å². The SMILES string of the molecule is O=CCn1c(=O)[nH]c2ccccc21. The van der Waals surface area contributed by atoms with Crippen molar-refractivity contribution in [2.45, 2.75) is 6.54 Å². The van der Waals surface area contributed by atoms with Crippen molar-refractivity contribution >= 4 is 17.3 Å². The van der Waals surface area contributed by atoms with Gasteiger partial charge in [0.1, 0.15) is 6.29 Å². The molecule has 0 bridgehead atoms. The van der Waals surface area contributed by atoms with Gasteiger partial charge in [-0.05, 0) is 12.1 Å². The molecule has 2 aromatic rings. The zero-order chi connectivity index (χ0) is 9.26. The topological polar surface area (TPSA) is 54.9 Å². The first-order chi connectivity index (χ1) is 6.33. The lowest BCUT2D eigenvalue weighted by Crippen LogP contribution is -2.17. The smallest absolute Gasteiger partial charge is 0.306 e. The van der Waals surface area contributed by atoms with Crippen LogP contribution in [-0.4, -0.2) is 15.8 Å². The molecule has 66 valence electrons. The van der Waals surface area contributed by atoms with Gasteiger partial charge in [0.25, 0.3) is 0 Å². The van der Waals surface area contributed by atoms with Crippen molar-refractivity contribution in [3.05, 3.63) is 34.7 Å². The molecule has 4 nitrogen and oxygen atoms in total. The molecule has 1 aromatic heterocycles. The van der Waals surface area contributed by atoms with Gasteiger partial charge in [0.05, 0.1) is 17.6 Å². The second kappa shape index (κ2) is 2.90. The number of aromatic nitrogens is 2. The van der Waals surface area contributed by atoms with E-state index in [-0.39, 0.29) is 12.2 Å². The van der Waals surface area contributed by atoms with Crippen molar-refractivity contribution in [1.82, 2.24) is 9.55 Å². The number of H-pyrrole nitrogens is 1. The fourth-order valence-corrected chi connectivity index (χ4v) is 1.36. The maximum absolute atomic E-state index is 11.3. The summed E-state index contributed by atoms with van der Waals surface area (Å²) in [5.41, 5.74) is 1.28. The van der Waals surface area contributed by atoms with Crippen LogP contribution >= 0.6 is 0 Å². The summed E-state index contributed by atoms with van der Waals surface area (Å²) < 4.78 is 1.41. The number of carbonyl (C=O) groups excluding carboxylic acids is 1. The molecule has 0 unspecified atom stereocenters. The van der Waals surface area contributed by atoms with Gasteiger partial charge in [0, 0.05) is 0 Å². The molecule has 1 N–H and O–H groups in total. The van der Waals surface area contributed by atoms with Gasteiger partial charge in [-0.25, -0.2) is 4.79 Å². The molecular weight excluding hydrogens is 168 g/mol. The summed E-state index contributed by atoms with van der Waals surface area (Å²) in [5.74, 6) is 0. The Morgan fingerprint density at radius 2 is 2.15 bits per heavy atom. The van der Waals surface area contributed by atoms with E-state index in [4.69, 9.17) is 0 Å². The Bertz CT molecular complexity index is 496. The lowest BCUT2D eigenvalue weighted by molar-refractivity contribution is -0.108. The van der Waals surface area contributed by atoms with Gasteiger partial charge in [-0.1, -0.05) is 12.1 Å². The minimum absolute atomic E-state index is 0.100. The molecule has 1 aromatic carbocycles. The van der Waals surface area contributed by atoms with Gasteiger partial charge in [0.15, 0.2) is 0 Å². The van der Waals surface area contributed by atoms with Gasteiger partial charge in [-0.15, -0.1) is 0 Å². The molecule has 4 heteroatoms. The normalized spacial score (nSPS) is 10.5. The fraction of sp³-hybridized carbons (Fsp3) is 0.111. The van der Waals surface area contributed by atoms with E-state index in [0.717, 1.165) is 11.0 Å². The number of aldehydes is 1. The summed E-state index contributed by atoms with van der Waals surface area (Å²) in [5, 5.41) is 0. The molecule has 1 heterocycles. The number of rotatable bonds is 2. The molecule has 0 fully saturated rings. The van der Waals surface area contributed by atoms with E-state index >= 15 is 0 Å². The van der Waals surface area contributed by atoms with Crippen LogP contribution in [0.1, 0.15) is 0 Å². The molecule has 0 radical (unpaired) electrons. The summed E-state index contributed by atoms with van der Waals surface area (Å²) in [7, 11) is 0. The highest BCUT2D eigenvalue weighted by molar-refractivity contribution is 5.75. The van der Waals surface area contributed by atoms with Crippen LogP contribution in [0.4, 0.5) is 0 Å². The van der Waals surface area contributed by atoms with Crippen molar-refractivity contribution in [3.63, 3.8) is 0 Å². The molecule has 0 aliphatic rings. The molecule has 0 saturated heterocycles. The number of fused-ring (bicyclic) bond motifs is 1. The van der Waals surface area contributed by atoms with Gasteiger partial charge in [-0.2, -0.15) is 0 Å². The summed E-state index contributed by atoms with van der Waals surface area (Å²) in [6.45, 7) is 0.100. The Balaban J connectivity index is 2.78. The Morgan fingerprint density at radius 1 is 1.38 bits per heavy atom. The largest absolute Gasteiger partial charge is 0.326 e. The third-order valence-electron chi connectivity index (χ3n) is 1.94. The summed E-state index contributed by atoms with van der Waals surface area (Å²) in [6, 6.07) is 7.27. The zero-order valence-electron chi connectivity index (χ0n) is 6.86. The third kappa shape index (κ3) is 1.16. The van der Waals surface area contributed by atoms with Crippen LogP contribution < -0.4 is 5.69 Å². The van der Waals surface area contributed by atoms with Crippen molar-refractivity contribution in [3.8, 4) is 0 Å². The first-order valence-corrected chi connectivity index (χ1v) is 3.94. The highest BCUT2D eigenvalue weighted by atomic mass is 16.1. The summed E-state index contributed by atoms with van der Waals surface area (Å²) in [6.07, 6.45) is 0.710. The van der Waals surface area contributed by atoms with Crippen molar-refractivity contribution in [2.75, 3.05) is 0 Å². The highest BCUT2D eigenvalue weighted by Crippen LogP contribution is 2.07. The average Bonchev–Trinajstić information content (AvgIpc) is 2.44. The summed E-state index contributed by atoms with van der Waals surface area (Å²) >= 11 is 0. The predicted molar refractivity (Wildman–Crippen MR) is 48.6 cm³/mol. The van der Waals surface area contributed by atoms with Gasteiger partial charge < -0.3 is 9.78 Å². The second-order valence-corrected chi connectivity index (χ2v) is 2.72. The Labute approximate surface area is 73.8 Å². The van der Waals surface area contributed by atoms with E-state index in [9.17, 15) is 9.59 Å². The molecule has 13 heavy (non-hydrogen) atoms. The van der Waals surface area contributed by atoms with E-state index in [1.54, 1.807) is 12.1 Å². The van der Waals surface area contributed by atoms with Crippen LogP contribution in [0, 0.1) is 0 Å². The fourth-order valence-electron chi connectivity index (χ4n) is 1.36. The van der Waals surface area contributed by atoms with Gasteiger partial charge in [0.2, 0.25) is 0 Å². The second-order valence-electron chi connectivity index (χ2n) is 2.72. The van der Waals surface area contributed by atoms with Crippen LogP contribution in [-0.2, 0) is 11.3 Å². The predicted octanol–water partition coefficient (Wildman–Crippen LogP) is 0.528. The number of benzene rings is 1. The monoisotopic (exact) mass is 176 g/mol. The minimum atomic E-state index is -0.242. The van der Waals surface area contributed by atoms with Crippen molar-refractivity contribution in [2.24, 2.45) is 0 Å². The first kappa shape index (κ1) is 7.79. The molecule has 0 saturated carbocycles. The van der Waals surface area contributed by atoms with Crippen LogP contribution in [0.3, 0.4) is 0 Å². The first-order valence-electron chi connectivity index (χ1n) is 3.94. The maximum atomic E-state index is 11.3.